The minimum absolute atomic E-state index is 0.133. The van der Waals surface area contributed by atoms with E-state index in [0.29, 0.717) is 17.7 Å². The maximum atomic E-state index is 13.6. The van der Waals surface area contributed by atoms with Crippen LogP contribution in [0.5, 0.6) is 5.75 Å². The maximum absolute atomic E-state index is 13.6. The summed E-state index contributed by atoms with van der Waals surface area (Å²) in [6.07, 6.45) is 5.71. The van der Waals surface area contributed by atoms with Crippen LogP contribution >= 0.6 is 0 Å². The molecule has 5 rings (SSSR count). The summed E-state index contributed by atoms with van der Waals surface area (Å²) in [6.45, 7) is 2.48. The van der Waals surface area contributed by atoms with Gasteiger partial charge in [-0.1, -0.05) is 0 Å². The van der Waals surface area contributed by atoms with Crippen LogP contribution in [0, 0.1) is 0 Å². The number of ether oxygens (including phenoxy) is 1. The van der Waals surface area contributed by atoms with Crippen LogP contribution in [0.4, 0.5) is 0 Å². The first kappa shape index (κ1) is 22.4. The topological polar surface area (TPSA) is 90.5 Å². The van der Waals surface area contributed by atoms with Gasteiger partial charge in [-0.15, -0.1) is 0 Å². The number of benzene rings is 2. The summed E-state index contributed by atoms with van der Waals surface area (Å²) in [4.78, 5) is 15.3. The molecule has 1 saturated heterocycles. The summed E-state index contributed by atoms with van der Waals surface area (Å²) in [6, 6.07) is 13.3. The summed E-state index contributed by atoms with van der Waals surface area (Å²) in [5, 5.41) is 20.8. The van der Waals surface area contributed by atoms with E-state index in [4.69, 9.17) is 4.74 Å². The SMILES string of the molecule is B=C(NC1(C)CC1)c1cccc(C2CC(O)CN2C(=O)c2ccc(-c3cn[nH]c3)c(OC)c2)c1. The van der Waals surface area contributed by atoms with Crippen LogP contribution in [-0.4, -0.2) is 64.5 Å². The van der Waals surface area contributed by atoms with E-state index in [-0.39, 0.29) is 24.0 Å². The molecule has 7 nitrogen and oxygen atoms in total. The Bertz CT molecular complexity index is 1220. The summed E-state index contributed by atoms with van der Waals surface area (Å²) in [5.41, 5.74) is 5.29. The molecule has 3 aromatic rings. The van der Waals surface area contributed by atoms with Gasteiger partial charge in [0.1, 0.15) is 0 Å². The average Bonchev–Trinajstić information content (AvgIpc) is 3.21. The monoisotopic (exact) mass is 456 g/mol. The third kappa shape index (κ3) is 4.38. The Labute approximate surface area is 200 Å². The number of aliphatic hydroxyl groups is 1. The number of aliphatic hydroxyl groups excluding tert-OH is 1. The zero-order valence-corrected chi connectivity index (χ0v) is 19.5. The molecule has 174 valence electrons. The molecule has 0 radical (unpaired) electrons. The second-order valence-corrected chi connectivity index (χ2v) is 9.55. The number of β-amino-alcohol motifs (C(OH)–C–C–N with tert-alkyl or cyclic N) is 1. The molecule has 2 atom stereocenters. The van der Waals surface area contributed by atoms with E-state index in [0.717, 1.165) is 40.7 Å². The first-order chi connectivity index (χ1) is 16.4. The number of carbonyl (C=O) groups excluding carboxylic acids is 1. The van der Waals surface area contributed by atoms with Crippen molar-refractivity contribution in [2.24, 2.45) is 0 Å². The van der Waals surface area contributed by atoms with Crippen molar-refractivity contribution in [3.8, 4) is 16.9 Å². The number of hydrogen-bond donors (Lipinski definition) is 3. The molecule has 2 aromatic carbocycles. The van der Waals surface area contributed by atoms with Crippen molar-refractivity contribution in [1.82, 2.24) is 20.4 Å². The van der Waals surface area contributed by atoms with Gasteiger partial charge in [0.2, 0.25) is 0 Å². The molecule has 8 heteroatoms. The molecule has 1 aliphatic heterocycles. The first-order valence-corrected chi connectivity index (χ1v) is 11.6. The number of H-pyrrole nitrogens is 1. The van der Waals surface area contributed by atoms with Crippen molar-refractivity contribution in [2.45, 2.75) is 43.9 Å². The quantitative estimate of drug-likeness (QED) is 0.476. The fourth-order valence-electron chi connectivity index (χ4n) is 4.66. The average molecular weight is 456 g/mol. The van der Waals surface area contributed by atoms with Gasteiger partial charge in [-0.3, -0.25) is 5.10 Å². The van der Waals surface area contributed by atoms with Gasteiger partial charge >= 0.3 is 177 Å². The molecule has 2 aliphatic rings. The Morgan fingerprint density at radius 3 is 2.79 bits per heavy atom. The third-order valence-corrected chi connectivity index (χ3v) is 6.87. The normalized spacial score (nSPS) is 20.7. The summed E-state index contributed by atoms with van der Waals surface area (Å²) >= 11 is 0. The van der Waals surface area contributed by atoms with Gasteiger partial charge in [0.05, 0.1) is 6.20 Å². The van der Waals surface area contributed by atoms with E-state index < -0.39 is 6.10 Å². The number of amides is 1. The second-order valence-electron chi connectivity index (χ2n) is 9.55. The molecule has 1 aromatic heterocycles. The molecule has 2 fully saturated rings. The number of nitrogens with zero attached hydrogens (tertiary/aromatic N) is 2. The van der Waals surface area contributed by atoms with Crippen LogP contribution in [0.2, 0.25) is 0 Å². The summed E-state index contributed by atoms with van der Waals surface area (Å²) in [5.74, 6) is 0.466. The van der Waals surface area contributed by atoms with Crippen LogP contribution in [0.3, 0.4) is 0 Å². The zero-order chi connectivity index (χ0) is 23.9. The van der Waals surface area contributed by atoms with Gasteiger partial charge in [-0.2, -0.15) is 5.10 Å². The predicted molar refractivity (Wildman–Crippen MR) is 133 cm³/mol. The van der Waals surface area contributed by atoms with Crippen LogP contribution < -0.4 is 10.1 Å². The Morgan fingerprint density at radius 2 is 2.09 bits per heavy atom. The predicted octanol–water partition coefficient (Wildman–Crippen LogP) is 2.55. The van der Waals surface area contributed by atoms with E-state index >= 15 is 0 Å². The van der Waals surface area contributed by atoms with E-state index in [1.54, 1.807) is 36.5 Å². The molecule has 34 heavy (non-hydrogen) atoms. The van der Waals surface area contributed by atoms with Gasteiger partial charge < -0.3 is 0 Å². The Balaban J connectivity index is 1.41. The van der Waals surface area contributed by atoms with Crippen LogP contribution in [0.15, 0.2) is 54.9 Å². The number of methoxy groups -OCH3 is 1. The Hall–Kier alpha value is -3.39. The molecule has 1 saturated carbocycles. The van der Waals surface area contributed by atoms with Gasteiger partial charge in [0.25, 0.3) is 0 Å². The van der Waals surface area contributed by atoms with Crippen molar-refractivity contribution in [3.05, 3.63) is 71.5 Å². The van der Waals surface area contributed by atoms with Crippen molar-refractivity contribution < 1.29 is 14.6 Å². The molecular formula is C26H29BN4O3. The van der Waals surface area contributed by atoms with E-state index in [1.165, 1.54) is 0 Å². The standard InChI is InChI=1S/C26H29BN4O3/c1-26(8-9-26)30-24(27)17-5-3-4-16(10-17)22-12-20(32)15-31(22)25(33)18-6-7-21(23(11-18)34-2)19-13-28-29-14-19/h3-7,10-11,13-14,20,22,27,30,32H,8-9,12,15H2,1-2H3,(H,28,29). The van der Waals surface area contributed by atoms with E-state index in [1.807, 2.05) is 24.3 Å². The zero-order valence-electron chi connectivity index (χ0n) is 19.5. The van der Waals surface area contributed by atoms with E-state index in [9.17, 15) is 9.90 Å². The van der Waals surface area contributed by atoms with Crippen LogP contribution in [0.1, 0.15) is 53.7 Å². The van der Waals surface area contributed by atoms with Gasteiger partial charge in [0, 0.05) is 6.20 Å². The van der Waals surface area contributed by atoms with Gasteiger partial charge in [0.15, 0.2) is 0 Å². The molecule has 1 aliphatic carbocycles. The molecule has 2 unspecified atom stereocenters. The van der Waals surface area contributed by atoms with E-state index in [2.05, 4.69) is 36.0 Å². The number of aromatic nitrogens is 2. The number of aromatic amines is 1. The van der Waals surface area contributed by atoms with Gasteiger partial charge in [-0.25, -0.2) is 0 Å². The first-order valence-electron chi connectivity index (χ1n) is 11.6. The van der Waals surface area contributed by atoms with Crippen molar-refractivity contribution in [1.29, 1.82) is 0 Å². The number of likely N-dealkylation sites (tertiary alicyclic amines) is 1. The van der Waals surface area contributed by atoms with Crippen molar-refractivity contribution >= 4 is 19.0 Å². The molecular weight excluding hydrogens is 427 g/mol. The van der Waals surface area contributed by atoms with Crippen LogP contribution in [-0.2, 0) is 0 Å². The molecule has 1 amide bonds. The third-order valence-electron chi connectivity index (χ3n) is 6.87. The van der Waals surface area contributed by atoms with Crippen molar-refractivity contribution in [2.75, 3.05) is 13.7 Å². The molecule has 2 heterocycles. The number of rotatable bonds is 7. The molecule has 0 bridgehead atoms. The number of nitrogens with one attached hydrogen (secondary N) is 2. The molecule has 0 spiro atoms. The fourth-order valence-corrected chi connectivity index (χ4v) is 4.66. The Kier molecular flexibility index (Phi) is 5.77. The number of carbonyl (C=O) groups is 1. The molecule has 3 N–H and O–H groups in total. The minimum atomic E-state index is -0.573. The fraction of sp³-hybridized carbons (Fsp3) is 0.346. The van der Waals surface area contributed by atoms with Crippen LogP contribution in [0.25, 0.3) is 11.1 Å². The van der Waals surface area contributed by atoms with Crippen molar-refractivity contribution in [3.63, 3.8) is 0 Å². The Morgan fingerprint density at radius 1 is 1.26 bits per heavy atom. The summed E-state index contributed by atoms with van der Waals surface area (Å²) in [7, 11) is 5.81. The number of hydrogen-bond acceptors (Lipinski definition) is 5. The van der Waals surface area contributed by atoms with Gasteiger partial charge in [-0.05, 0) is 0 Å². The summed E-state index contributed by atoms with van der Waals surface area (Å²) < 4.78 is 5.56. The second kappa shape index (κ2) is 8.76.